The van der Waals surface area contributed by atoms with Gasteiger partial charge in [0, 0.05) is 6.54 Å². The van der Waals surface area contributed by atoms with E-state index in [-0.39, 0.29) is 12.0 Å². The highest BCUT2D eigenvalue weighted by molar-refractivity contribution is 5.77. The van der Waals surface area contributed by atoms with E-state index < -0.39 is 0 Å². The van der Waals surface area contributed by atoms with Gasteiger partial charge < -0.3 is 14.6 Å². The largest absolute Gasteiger partial charge is 0.465 e. The smallest absolute Gasteiger partial charge is 0.323 e. The Hall–Kier alpha value is -1.88. The average Bonchev–Trinajstić information content (AvgIpc) is 2.83. The van der Waals surface area contributed by atoms with Gasteiger partial charge in [0.05, 0.1) is 24.0 Å². The number of benzene rings is 1. The second kappa shape index (κ2) is 6.72. The van der Waals surface area contributed by atoms with Crippen molar-refractivity contribution in [3.63, 3.8) is 0 Å². The molecule has 0 bridgehead atoms. The second-order valence-corrected chi connectivity index (χ2v) is 5.25. The van der Waals surface area contributed by atoms with Crippen LogP contribution in [-0.4, -0.2) is 35.2 Å². The normalized spacial score (nSPS) is 12.6. The Morgan fingerprint density at radius 2 is 2.10 bits per heavy atom. The fourth-order valence-corrected chi connectivity index (χ4v) is 2.38. The molecule has 0 amide bonds. The molecule has 1 atom stereocenters. The van der Waals surface area contributed by atoms with Crippen molar-refractivity contribution in [1.82, 2.24) is 14.9 Å². The second-order valence-electron chi connectivity index (χ2n) is 5.25. The van der Waals surface area contributed by atoms with Crippen LogP contribution in [0.15, 0.2) is 18.5 Å². The maximum Gasteiger partial charge on any atom is 0.323 e. The summed E-state index contributed by atoms with van der Waals surface area (Å²) in [6, 6.07) is 3.97. The minimum Gasteiger partial charge on any atom is -0.465 e. The molecule has 0 aliphatic rings. The van der Waals surface area contributed by atoms with E-state index in [0.717, 1.165) is 17.6 Å². The molecule has 5 nitrogen and oxygen atoms in total. The molecule has 1 N–H and O–H groups in total. The van der Waals surface area contributed by atoms with Crippen LogP contribution in [0.2, 0.25) is 0 Å². The summed E-state index contributed by atoms with van der Waals surface area (Å²) in [5.41, 5.74) is 4.60. The van der Waals surface area contributed by atoms with Crippen LogP contribution in [0, 0.1) is 13.8 Å². The molecule has 21 heavy (non-hydrogen) atoms. The molecular weight excluding hydrogens is 266 g/mol. The molecule has 5 heteroatoms. The lowest BCUT2D eigenvalue weighted by Crippen LogP contribution is -2.36. The highest BCUT2D eigenvalue weighted by Gasteiger charge is 2.17. The van der Waals surface area contributed by atoms with Crippen molar-refractivity contribution in [1.29, 1.82) is 0 Å². The summed E-state index contributed by atoms with van der Waals surface area (Å²) in [5, 5.41) is 3.01. The number of nitrogens with zero attached hydrogens (tertiary/aromatic N) is 2. The van der Waals surface area contributed by atoms with Gasteiger partial charge in [-0.15, -0.1) is 0 Å². The van der Waals surface area contributed by atoms with E-state index >= 15 is 0 Å². The zero-order valence-corrected chi connectivity index (χ0v) is 13.1. The highest BCUT2D eigenvalue weighted by atomic mass is 16.5. The van der Waals surface area contributed by atoms with E-state index in [4.69, 9.17) is 4.74 Å². The number of imidazole rings is 1. The van der Waals surface area contributed by atoms with Gasteiger partial charge in [-0.1, -0.05) is 0 Å². The lowest BCUT2D eigenvalue weighted by Gasteiger charge is -2.15. The number of rotatable bonds is 6. The average molecular weight is 289 g/mol. The van der Waals surface area contributed by atoms with E-state index in [0.29, 0.717) is 13.0 Å². The van der Waals surface area contributed by atoms with Gasteiger partial charge in [-0.05, 0) is 57.5 Å². The monoisotopic (exact) mass is 289 g/mol. The van der Waals surface area contributed by atoms with Crippen molar-refractivity contribution in [3.8, 4) is 0 Å². The number of aromatic nitrogens is 2. The van der Waals surface area contributed by atoms with Crippen LogP contribution in [0.1, 0.15) is 24.5 Å². The topological polar surface area (TPSA) is 56.2 Å². The van der Waals surface area contributed by atoms with Crippen molar-refractivity contribution in [2.75, 3.05) is 13.7 Å². The number of fused-ring (bicyclic) bond motifs is 1. The fraction of sp³-hybridized carbons (Fsp3) is 0.500. The molecule has 0 radical (unpaired) electrons. The number of aryl methyl sites for hydroxylation is 3. The molecule has 114 valence electrons. The number of hydrogen-bond acceptors (Lipinski definition) is 4. The number of nitrogens with one attached hydrogen (secondary N) is 1. The lowest BCUT2D eigenvalue weighted by atomic mass is 10.1. The Kier molecular flexibility index (Phi) is 4.96. The Morgan fingerprint density at radius 1 is 1.38 bits per heavy atom. The van der Waals surface area contributed by atoms with Crippen LogP contribution in [0.3, 0.4) is 0 Å². The Morgan fingerprint density at radius 3 is 2.76 bits per heavy atom. The van der Waals surface area contributed by atoms with Crippen LogP contribution in [-0.2, 0) is 16.1 Å². The predicted molar refractivity (Wildman–Crippen MR) is 83.3 cm³/mol. The maximum absolute atomic E-state index is 11.8. The first-order valence-corrected chi connectivity index (χ1v) is 7.32. The molecule has 1 aromatic heterocycles. The third-order valence-electron chi connectivity index (χ3n) is 3.81. The van der Waals surface area contributed by atoms with Gasteiger partial charge in [-0.25, -0.2) is 4.98 Å². The van der Waals surface area contributed by atoms with Crippen LogP contribution >= 0.6 is 0 Å². The van der Waals surface area contributed by atoms with E-state index in [1.54, 1.807) is 7.05 Å². The molecular formula is C16H23N3O2. The molecule has 0 aliphatic heterocycles. The molecule has 2 aromatic rings. The zero-order chi connectivity index (χ0) is 15.4. The van der Waals surface area contributed by atoms with E-state index in [9.17, 15) is 4.79 Å². The third kappa shape index (κ3) is 3.42. The molecule has 1 aromatic carbocycles. The third-order valence-corrected chi connectivity index (χ3v) is 3.81. The Balaban J connectivity index is 2.13. The van der Waals surface area contributed by atoms with Crippen molar-refractivity contribution >= 4 is 17.0 Å². The summed E-state index contributed by atoms with van der Waals surface area (Å²) in [6.07, 6.45) is 2.51. The van der Waals surface area contributed by atoms with E-state index in [2.05, 4.69) is 40.8 Å². The number of ether oxygens (including phenoxy) is 1. The van der Waals surface area contributed by atoms with Gasteiger partial charge in [0.2, 0.25) is 0 Å². The molecule has 1 unspecified atom stereocenters. The first-order valence-electron chi connectivity index (χ1n) is 7.32. The van der Waals surface area contributed by atoms with Gasteiger partial charge in [0.25, 0.3) is 0 Å². The quantitative estimate of drug-likeness (QED) is 0.828. The summed E-state index contributed by atoms with van der Waals surface area (Å²) < 4.78 is 7.15. The van der Waals surface area contributed by atoms with E-state index in [1.165, 1.54) is 11.1 Å². The van der Waals surface area contributed by atoms with Crippen molar-refractivity contribution < 1.29 is 9.53 Å². The van der Waals surface area contributed by atoms with Gasteiger partial charge in [-0.2, -0.15) is 0 Å². The molecule has 0 saturated carbocycles. The highest BCUT2D eigenvalue weighted by Crippen LogP contribution is 2.18. The number of hydrogen-bond donors (Lipinski definition) is 1. The lowest BCUT2D eigenvalue weighted by molar-refractivity contribution is -0.145. The minimum absolute atomic E-state index is 0.198. The van der Waals surface area contributed by atoms with Crippen LogP contribution in [0.25, 0.3) is 11.0 Å². The SMILES string of the molecule is CCOC(=O)C(CCn1cnc2cc(C)c(C)cc21)NC. The predicted octanol–water partition coefficient (Wildman–Crippen LogP) is 2.19. The number of carbonyl (C=O) groups is 1. The van der Waals surface area contributed by atoms with Crippen molar-refractivity contribution in [2.45, 2.75) is 39.8 Å². The van der Waals surface area contributed by atoms with Gasteiger partial charge in [0.1, 0.15) is 6.04 Å². The summed E-state index contributed by atoms with van der Waals surface area (Å²) in [6.45, 7) is 7.14. The number of esters is 1. The van der Waals surface area contributed by atoms with Crippen LogP contribution in [0.4, 0.5) is 0 Å². The minimum atomic E-state index is -0.283. The van der Waals surface area contributed by atoms with Gasteiger partial charge in [-0.3, -0.25) is 4.79 Å². The number of carbonyl (C=O) groups excluding carboxylic acids is 1. The molecule has 0 saturated heterocycles. The first-order chi connectivity index (χ1) is 10.1. The van der Waals surface area contributed by atoms with Crippen molar-refractivity contribution in [3.05, 3.63) is 29.6 Å². The number of likely N-dealkylation sites (N-methyl/N-ethyl adjacent to an activating group) is 1. The molecule has 1 heterocycles. The Labute approximate surface area is 125 Å². The van der Waals surface area contributed by atoms with Crippen LogP contribution in [0.5, 0.6) is 0 Å². The molecule has 0 fully saturated rings. The molecule has 0 aliphatic carbocycles. The Bertz CT molecular complexity index is 634. The summed E-state index contributed by atoms with van der Waals surface area (Å²) in [4.78, 5) is 16.2. The van der Waals surface area contributed by atoms with Gasteiger partial charge in [0.15, 0.2) is 0 Å². The van der Waals surface area contributed by atoms with E-state index in [1.807, 2.05) is 13.3 Å². The fourth-order valence-electron chi connectivity index (χ4n) is 2.38. The zero-order valence-electron chi connectivity index (χ0n) is 13.1. The summed E-state index contributed by atoms with van der Waals surface area (Å²) >= 11 is 0. The maximum atomic E-state index is 11.8. The first kappa shape index (κ1) is 15.5. The summed E-state index contributed by atoms with van der Waals surface area (Å²) in [7, 11) is 1.78. The standard InChI is InChI=1S/C16H23N3O2/c1-5-21-16(20)13(17-4)6-7-19-10-18-14-8-11(2)12(3)9-15(14)19/h8-10,13,17H,5-7H2,1-4H3. The van der Waals surface area contributed by atoms with Crippen molar-refractivity contribution in [2.24, 2.45) is 0 Å². The molecule has 0 spiro atoms. The molecule has 2 rings (SSSR count). The summed E-state index contributed by atoms with van der Waals surface area (Å²) in [5.74, 6) is -0.198. The van der Waals surface area contributed by atoms with Gasteiger partial charge >= 0.3 is 5.97 Å². The van der Waals surface area contributed by atoms with Crippen LogP contribution < -0.4 is 5.32 Å².